The number of hydrogen-bond acceptors (Lipinski definition) is 8. The van der Waals surface area contributed by atoms with Crippen molar-refractivity contribution in [1.82, 2.24) is 9.21 Å². The van der Waals surface area contributed by atoms with Crippen molar-refractivity contribution in [2.45, 2.75) is 11.1 Å². The van der Waals surface area contributed by atoms with Crippen molar-refractivity contribution >= 4 is 16.1 Å². The van der Waals surface area contributed by atoms with Gasteiger partial charge in [-0.1, -0.05) is 6.42 Å². The van der Waals surface area contributed by atoms with Crippen molar-refractivity contribution in [1.29, 1.82) is 0 Å². The molecule has 0 aromatic heterocycles. The zero-order valence-electron chi connectivity index (χ0n) is 18.5. The van der Waals surface area contributed by atoms with Gasteiger partial charge in [-0.15, -0.1) is 0 Å². The molecule has 0 spiro atoms. The molecule has 0 aliphatic heterocycles. The SMILES string of the molecule is C#CN(CCN(CC(N)O)S(=O)(=O)c1ccc(Oc2ccc(F)cc2)cc1)C(=O)OCCOC. The van der Waals surface area contributed by atoms with Crippen LogP contribution in [0.25, 0.3) is 0 Å². The molecule has 184 valence electrons. The lowest BCUT2D eigenvalue weighted by molar-refractivity contribution is 0.0812. The van der Waals surface area contributed by atoms with Crippen LogP contribution in [0.4, 0.5) is 9.18 Å². The third-order valence-electron chi connectivity index (χ3n) is 4.36. The standard InChI is InChI=1S/C22H26FN3O7S/c1-3-25(22(28)32-15-14-31-2)12-13-26(16-21(24)27)34(29,30)20-10-8-19(9-11-20)33-18-6-4-17(23)5-7-18/h1,4-11,21,27H,12-16,24H2,2H3. The normalized spacial score (nSPS) is 12.1. The molecular weight excluding hydrogens is 469 g/mol. The van der Waals surface area contributed by atoms with Gasteiger partial charge in [0, 0.05) is 19.7 Å². The molecule has 0 radical (unpaired) electrons. The van der Waals surface area contributed by atoms with Crippen LogP contribution < -0.4 is 10.5 Å². The second-order valence-corrected chi connectivity index (χ2v) is 8.78. The van der Waals surface area contributed by atoms with Crippen LogP contribution in [0, 0.1) is 18.3 Å². The quantitative estimate of drug-likeness (QED) is 0.196. The summed E-state index contributed by atoms with van der Waals surface area (Å²) in [6.45, 7) is -0.754. The van der Waals surface area contributed by atoms with Gasteiger partial charge in [-0.2, -0.15) is 4.31 Å². The molecule has 12 heteroatoms. The number of hydrogen-bond donors (Lipinski definition) is 2. The van der Waals surface area contributed by atoms with Crippen LogP contribution in [-0.2, 0) is 19.5 Å². The first-order chi connectivity index (χ1) is 16.2. The highest BCUT2D eigenvalue weighted by Gasteiger charge is 2.27. The number of halogens is 1. The monoisotopic (exact) mass is 495 g/mol. The van der Waals surface area contributed by atoms with Crippen LogP contribution in [0.3, 0.4) is 0 Å². The molecule has 0 aliphatic carbocycles. The summed E-state index contributed by atoms with van der Waals surface area (Å²) in [6.07, 6.45) is 3.03. The number of carbonyl (C=O) groups is 1. The van der Waals surface area contributed by atoms with Crippen LogP contribution in [0.15, 0.2) is 53.4 Å². The fourth-order valence-corrected chi connectivity index (χ4v) is 4.15. The maximum Gasteiger partial charge on any atom is 0.421 e. The van der Waals surface area contributed by atoms with E-state index < -0.39 is 34.7 Å². The number of terminal acetylenes is 1. The maximum absolute atomic E-state index is 13.1. The largest absolute Gasteiger partial charge is 0.457 e. The number of nitrogens with two attached hydrogens (primary N) is 1. The van der Waals surface area contributed by atoms with E-state index in [1.54, 1.807) is 0 Å². The third kappa shape index (κ3) is 7.98. The topological polar surface area (TPSA) is 132 Å². The van der Waals surface area contributed by atoms with Gasteiger partial charge in [-0.25, -0.2) is 22.5 Å². The lowest BCUT2D eigenvalue weighted by Gasteiger charge is -2.25. The van der Waals surface area contributed by atoms with Crippen molar-refractivity contribution in [3.8, 4) is 24.0 Å². The number of carbonyl (C=O) groups excluding carboxylic acids is 1. The van der Waals surface area contributed by atoms with E-state index in [1.807, 2.05) is 0 Å². The molecule has 0 bridgehead atoms. The highest BCUT2D eigenvalue weighted by Crippen LogP contribution is 2.24. The van der Waals surface area contributed by atoms with Crippen molar-refractivity contribution in [2.24, 2.45) is 5.73 Å². The molecule has 0 heterocycles. The van der Waals surface area contributed by atoms with Gasteiger partial charge in [0.1, 0.15) is 30.2 Å². The van der Waals surface area contributed by atoms with Crippen LogP contribution in [0.2, 0.25) is 0 Å². The molecule has 2 rings (SSSR count). The van der Waals surface area contributed by atoms with Crippen LogP contribution >= 0.6 is 0 Å². The molecule has 2 aromatic carbocycles. The summed E-state index contributed by atoms with van der Waals surface area (Å²) in [7, 11) is -2.68. The predicted molar refractivity (Wildman–Crippen MR) is 121 cm³/mol. The van der Waals surface area contributed by atoms with Crippen molar-refractivity contribution in [3.05, 3.63) is 54.3 Å². The van der Waals surface area contributed by atoms with Gasteiger partial charge in [0.25, 0.3) is 0 Å². The number of methoxy groups -OCH3 is 1. The van der Waals surface area contributed by atoms with E-state index in [0.717, 1.165) is 9.21 Å². The number of amides is 1. The van der Waals surface area contributed by atoms with E-state index in [-0.39, 0.29) is 31.2 Å². The lowest BCUT2D eigenvalue weighted by atomic mass is 10.3. The number of sulfonamides is 1. The second kappa shape index (κ2) is 12.9. The van der Waals surface area contributed by atoms with E-state index in [2.05, 4.69) is 6.04 Å². The van der Waals surface area contributed by atoms with Crippen molar-refractivity contribution in [2.75, 3.05) is 40.0 Å². The smallest absolute Gasteiger partial charge is 0.421 e. The van der Waals surface area contributed by atoms with Gasteiger partial charge >= 0.3 is 6.09 Å². The van der Waals surface area contributed by atoms with Gasteiger partial charge in [0.05, 0.1) is 24.6 Å². The molecule has 0 saturated heterocycles. The Bertz CT molecular complexity index is 1070. The molecule has 10 nitrogen and oxygen atoms in total. The molecular formula is C22H26FN3O7S. The molecule has 1 amide bonds. The Morgan fingerprint density at radius 2 is 1.71 bits per heavy atom. The molecule has 34 heavy (non-hydrogen) atoms. The summed E-state index contributed by atoms with van der Waals surface area (Å²) in [5.74, 6) is 0.285. The van der Waals surface area contributed by atoms with E-state index >= 15 is 0 Å². The van der Waals surface area contributed by atoms with Gasteiger partial charge in [-0.05, 0) is 48.5 Å². The fraction of sp³-hybridized carbons (Fsp3) is 0.318. The minimum Gasteiger partial charge on any atom is -0.457 e. The number of rotatable bonds is 12. The van der Waals surface area contributed by atoms with Gasteiger partial charge in [0.15, 0.2) is 0 Å². The zero-order valence-corrected chi connectivity index (χ0v) is 19.3. The molecule has 3 N–H and O–H groups in total. The highest BCUT2D eigenvalue weighted by atomic mass is 32.2. The van der Waals surface area contributed by atoms with Gasteiger partial charge in [0.2, 0.25) is 10.0 Å². The third-order valence-corrected chi connectivity index (χ3v) is 6.24. The Hall–Kier alpha value is -3.21. The molecule has 0 saturated carbocycles. The fourth-order valence-electron chi connectivity index (χ4n) is 2.70. The first-order valence-corrected chi connectivity index (χ1v) is 11.5. The Balaban J connectivity index is 2.12. The van der Waals surface area contributed by atoms with Crippen LogP contribution in [0.1, 0.15) is 0 Å². The number of nitrogens with zero attached hydrogens (tertiary/aromatic N) is 2. The van der Waals surface area contributed by atoms with Gasteiger partial charge < -0.3 is 25.1 Å². The van der Waals surface area contributed by atoms with E-state index in [0.29, 0.717) is 11.5 Å². The average Bonchev–Trinajstić information content (AvgIpc) is 2.80. The van der Waals surface area contributed by atoms with E-state index in [4.69, 9.17) is 26.4 Å². The molecule has 1 unspecified atom stereocenters. The minimum absolute atomic E-state index is 0.0244. The molecule has 0 aliphatic rings. The molecule has 0 fully saturated rings. The molecule has 1 atom stereocenters. The summed E-state index contributed by atoms with van der Waals surface area (Å²) in [5.41, 5.74) is 5.41. The zero-order chi connectivity index (χ0) is 25.1. The Labute approximate surface area is 197 Å². The maximum atomic E-state index is 13.1. The second-order valence-electron chi connectivity index (χ2n) is 6.85. The number of benzene rings is 2. The number of aliphatic hydroxyl groups excluding tert-OH is 1. The predicted octanol–water partition coefficient (Wildman–Crippen LogP) is 1.56. The number of ether oxygens (including phenoxy) is 3. The summed E-state index contributed by atoms with van der Waals surface area (Å²) >= 11 is 0. The Morgan fingerprint density at radius 1 is 1.12 bits per heavy atom. The van der Waals surface area contributed by atoms with E-state index in [1.165, 1.54) is 55.6 Å². The average molecular weight is 496 g/mol. The minimum atomic E-state index is -4.12. The summed E-state index contributed by atoms with van der Waals surface area (Å²) in [6, 6.07) is 12.9. The summed E-state index contributed by atoms with van der Waals surface area (Å²) in [5, 5.41) is 9.60. The first-order valence-electron chi connectivity index (χ1n) is 10.0. The highest BCUT2D eigenvalue weighted by molar-refractivity contribution is 7.89. The van der Waals surface area contributed by atoms with Crippen LogP contribution in [-0.4, -0.2) is 75.0 Å². The van der Waals surface area contributed by atoms with Crippen molar-refractivity contribution < 1.29 is 36.9 Å². The van der Waals surface area contributed by atoms with Gasteiger partial charge in [-0.3, -0.25) is 0 Å². The molecule has 2 aromatic rings. The van der Waals surface area contributed by atoms with Crippen molar-refractivity contribution in [3.63, 3.8) is 0 Å². The number of aliphatic hydroxyl groups is 1. The first kappa shape index (κ1) is 27.0. The Morgan fingerprint density at radius 3 is 2.24 bits per heavy atom. The lowest BCUT2D eigenvalue weighted by Crippen LogP contribution is -2.45. The van der Waals surface area contributed by atoms with E-state index in [9.17, 15) is 22.7 Å². The summed E-state index contributed by atoms with van der Waals surface area (Å²) < 4.78 is 55.5. The Kier molecular flexibility index (Phi) is 10.2. The van der Waals surface area contributed by atoms with Crippen LogP contribution in [0.5, 0.6) is 11.5 Å². The summed E-state index contributed by atoms with van der Waals surface area (Å²) in [4.78, 5) is 12.8.